The average molecular weight is 425 g/mol. The van der Waals surface area contributed by atoms with E-state index < -0.39 is 16.1 Å². The van der Waals surface area contributed by atoms with Crippen LogP contribution >= 0.6 is 11.6 Å². The van der Waals surface area contributed by atoms with Gasteiger partial charge in [0.1, 0.15) is 0 Å². The summed E-state index contributed by atoms with van der Waals surface area (Å²) < 4.78 is 28.2. The van der Waals surface area contributed by atoms with E-state index in [9.17, 15) is 8.42 Å². The van der Waals surface area contributed by atoms with Gasteiger partial charge >= 0.3 is 0 Å². The van der Waals surface area contributed by atoms with Crippen molar-refractivity contribution in [3.05, 3.63) is 106 Å². The third-order valence-corrected chi connectivity index (χ3v) is 7.02. The van der Waals surface area contributed by atoms with E-state index in [1.165, 1.54) is 4.41 Å². The molecule has 0 unspecified atom stereocenters. The fourth-order valence-corrected chi connectivity index (χ4v) is 4.96. The van der Waals surface area contributed by atoms with E-state index in [-0.39, 0.29) is 4.90 Å². The van der Waals surface area contributed by atoms with Crippen molar-refractivity contribution >= 4 is 27.3 Å². The van der Waals surface area contributed by atoms with Crippen LogP contribution in [-0.2, 0) is 10.0 Å². The second kappa shape index (κ2) is 7.67. The van der Waals surface area contributed by atoms with Crippen LogP contribution in [0.5, 0.6) is 0 Å². The Bertz CT molecular complexity index is 1170. The molecule has 0 saturated carbocycles. The van der Waals surface area contributed by atoms with Gasteiger partial charge in [0.05, 0.1) is 16.6 Å². The van der Waals surface area contributed by atoms with Crippen molar-refractivity contribution in [3.63, 3.8) is 0 Å². The van der Waals surface area contributed by atoms with Gasteiger partial charge in [-0.1, -0.05) is 77.3 Å². The lowest BCUT2D eigenvalue weighted by molar-refractivity contribution is 0.348. The van der Waals surface area contributed by atoms with Crippen LogP contribution in [0, 0.1) is 13.8 Å². The van der Waals surface area contributed by atoms with Crippen LogP contribution in [0.1, 0.15) is 28.3 Å². The first kappa shape index (κ1) is 19.7. The van der Waals surface area contributed by atoms with E-state index in [4.69, 9.17) is 11.6 Å². The third-order valence-electron chi connectivity index (χ3n) is 4.97. The summed E-state index contributed by atoms with van der Waals surface area (Å²) in [5, 5.41) is 0.518. The van der Waals surface area contributed by atoms with Crippen LogP contribution in [0.4, 0.5) is 0 Å². The molecule has 148 valence electrons. The van der Waals surface area contributed by atoms with Gasteiger partial charge in [-0.05, 0) is 49.2 Å². The molecule has 0 aromatic heterocycles. The smallest absolute Gasteiger partial charge is 0.260 e. The monoisotopic (exact) mass is 424 g/mol. The Kier molecular flexibility index (Phi) is 5.21. The molecule has 4 rings (SSSR count). The molecule has 0 fully saturated rings. The quantitative estimate of drug-likeness (QED) is 0.622. The van der Waals surface area contributed by atoms with Gasteiger partial charge in [0.15, 0.2) is 0 Å². The van der Waals surface area contributed by atoms with Crippen molar-refractivity contribution < 1.29 is 8.42 Å². The standard InChI is InChI=1S/C23H21ClN2O2S/c1-16-7-11-18(12-8-16)22-15-23(20-5-3-4-6-21(20)24)26(25-22)29(27,28)19-13-9-17(2)10-14-19/h3-15,23,25H,1-2H3/t23-/m0/s1. The van der Waals surface area contributed by atoms with Crippen LogP contribution in [0.3, 0.4) is 0 Å². The molecule has 0 spiro atoms. The molecule has 1 aliphatic rings. The molecule has 1 atom stereocenters. The van der Waals surface area contributed by atoms with E-state index in [2.05, 4.69) is 5.43 Å². The van der Waals surface area contributed by atoms with Crippen LogP contribution in [0.25, 0.3) is 5.70 Å². The van der Waals surface area contributed by atoms with Crippen molar-refractivity contribution in [3.8, 4) is 0 Å². The lowest BCUT2D eigenvalue weighted by Gasteiger charge is -2.25. The zero-order chi connectivity index (χ0) is 20.6. The van der Waals surface area contributed by atoms with E-state index in [0.717, 1.165) is 28.0 Å². The van der Waals surface area contributed by atoms with Crippen LogP contribution in [0.2, 0.25) is 5.02 Å². The minimum Gasteiger partial charge on any atom is -0.304 e. The summed E-state index contributed by atoms with van der Waals surface area (Å²) in [4.78, 5) is 0.228. The van der Waals surface area contributed by atoms with Gasteiger partial charge in [-0.15, -0.1) is 4.41 Å². The molecule has 0 radical (unpaired) electrons. The second-order valence-corrected chi connectivity index (χ2v) is 9.36. The fourth-order valence-electron chi connectivity index (χ4n) is 3.31. The Morgan fingerprint density at radius 3 is 2.07 bits per heavy atom. The van der Waals surface area contributed by atoms with Crippen LogP contribution < -0.4 is 5.43 Å². The molecule has 6 heteroatoms. The third kappa shape index (κ3) is 3.81. The molecule has 0 amide bonds. The normalized spacial score (nSPS) is 17.1. The Labute approximate surface area is 176 Å². The van der Waals surface area contributed by atoms with Crippen LogP contribution in [-0.4, -0.2) is 12.8 Å². The summed E-state index contributed by atoms with van der Waals surface area (Å²) in [6, 6.07) is 21.5. The predicted molar refractivity (Wildman–Crippen MR) is 117 cm³/mol. The average Bonchev–Trinajstić information content (AvgIpc) is 3.15. The van der Waals surface area contributed by atoms with E-state index in [0.29, 0.717) is 5.02 Å². The molecule has 3 aromatic carbocycles. The lowest BCUT2D eigenvalue weighted by atomic mass is 10.0. The number of nitrogens with one attached hydrogen (secondary N) is 1. The zero-order valence-electron chi connectivity index (χ0n) is 16.1. The molecule has 0 aliphatic carbocycles. The molecular weight excluding hydrogens is 404 g/mol. The number of nitrogens with zero attached hydrogens (tertiary/aromatic N) is 1. The Balaban J connectivity index is 1.80. The molecule has 29 heavy (non-hydrogen) atoms. The van der Waals surface area contributed by atoms with Gasteiger partial charge in [-0.25, -0.2) is 8.42 Å². The maximum atomic E-state index is 13.5. The molecule has 3 aromatic rings. The minimum absolute atomic E-state index is 0.228. The highest BCUT2D eigenvalue weighted by atomic mass is 35.5. The number of hydrogen-bond donors (Lipinski definition) is 1. The predicted octanol–water partition coefficient (Wildman–Crippen LogP) is 5.25. The largest absolute Gasteiger partial charge is 0.304 e. The number of benzene rings is 3. The topological polar surface area (TPSA) is 49.4 Å². The van der Waals surface area contributed by atoms with Gasteiger partial charge < -0.3 is 5.43 Å². The minimum atomic E-state index is -3.81. The number of halogens is 1. The molecule has 4 nitrogen and oxygen atoms in total. The first-order valence-electron chi connectivity index (χ1n) is 9.27. The number of hydrazine groups is 1. The van der Waals surface area contributed by atoms with Gasteiger partial charge in [0.25, 0.3) is 10.0 Å². The molecule has 1 N–H and O–H groups in total. The van der Waals surface area contributed by atoms with Crippen molar-refractivity contribution in [2.45, 2.75) is 24.8 Å². The van der Waals surface area contributed by atoms with E-state index >= 15 is 0 Å². The highest BCUT2D eigenvalue weighted by Gasteiger charge is 2.37. The molecule has 1 heterocycles. The fraction of sp³-hybridized carbons (Fsp3) is 0.130. The highest BCUT2D eigenvalue weighted by Crippen LogP contribution is 2.38. The van der Waals surface area contributed by atoms with Crippen molar-refractivity contribution in [2.75, 3.05) is 0 Å². The van der Waals surface area contributed by atoms with Gasteiger partial charge in [-0.3, -0.25) is 0 Å². The molecule has 1 aliphatic heterocycles. The maximum Gasteiger partial charge on any atom is 0.260 e. The van der Waals surface area contributed by atoms with Crippen LogP contribution in [0.15, 0.2) is 83.8 Å². The Hall–Kier alpha value is -2.60. The number of aryl methyl sites for hydroxylation is 2. The molecule has 0 saturated heterocycles. The number of rotatable bonds is 4. The van der Waals surface area contributed by atoms with Crippen molar-refractivity contribution in [1.29, 1.82) is 0 Å². The Morgan fingerprint density at radius 1 is 0.862 bits per heavy atom. The first-order chi connectivity index (χ1) is 13.9. The first-order valence-corrected chi connectivity index (χ1v) is 11.1. The summed E-state index contributed by atoms with van der Waals surface area (Å²) in [6.45, 7) is 3.94. The summed E-state index contributed by atoms with van der Waals surface area (Å²) in [5.74, 6) is 0. The Morgan fingerprint density at radius 2 is 1.45 bits per heavy atom. The van der Waals surface area contributed by atoms with Crippen molar-refractivity contribution in [1.82, 2.24) is 9.84 Å². The zero-order valence-corrected chi connectivity index (χ0v) is 17.7. The molecular formula is C23H21ClN2O2S. The van der Waals surface area contributed by atoms with E-state index in [1.54, 1.807) is 30.3 Å². The van der Waals surface area contributed by atoms with E-state index in [1.807, 2.05) is 62.4 Å². The number of sulfonamides is 1. The van der Waals surface area contributed by atoms with Gasteiger partial charge in [-0.2, -0.15) is 0 Å². The van der Waals surface area contributed by atoms with Gasteiger partial charge in [0, 0.05) is 5.02 Å². The van der Waals surface area contributed by atoms with Crippen molar-refractivity contribution in [2.24, 2.45) is 0 Å². The summed E-state index contributed by atoms with van der Waals surface area (Å²) in [6.07, 6.45) is 1.90. The SMILES string of the molecule is Cc1ccc(C2=C[C@@H](c3ccccc3Cl)N(S(=O)(=O)c3ccc(C)cc3)N2)cc1. The summed E-state index contributed by atoms with van der Waals surface area (Å²) in [5.41, 5.74) is 7.60. The summed E-state index contributed by atoms with van der Waals surface area (Å²) >= 11 is 6.42. The number of hydrogen-bond acceptors (Lipinski definition) is 3. The lowest BCUT2D eigenvalue weighted by Crippen LogP contribution is -2.39. The summed E-state index contributed by atoms with van der Waals surface area (Å²) in [7, 11) is -3.81. The second-order valence-electron chi connectivity index (χ2n) is 7.14. The molecule has 0 bridgehead atoms. The highest BCUT2D eigenvalue weighted by molar-refractivity contribution is 7.89. The maximum absolute atomic E-state index is 13.5. The van der Waals surface area contributed by atoms with Gasteiger partial charge in [0.2, 0.25) is 0 Å².